The fraction of sp³-hybridized carbons (Fsp3) is 0.500. The van der Waals surface area contributed by atoms with Crippen LogP contribution >= 0.6 is 0 Å². The van der Waals surface area contributed by atoms with Gasteiger partial charge in [-0.15, -0.1) is 0 Å². The minimum atomic E-state index is -1.15. The van der Waals surface area contributed by atoms with Gasteiger partial charge in [-0.3, -0.25) is 14.4 Å². The number of rotatable bonds is 3. The van der Waals surface area contributed by atoms with Crippen molar-refractivity contribution in [3.63, 3.8) is 0 Å². The van der Waals surface area contributed by atoms with Gasteiger partial charge in [0.05, 0.1) is 25.2 Å². The maximum atomic E-state index is 11.4. The molecule has 0 fully saturated rings. The Labute approximate surface area is 86.3 Å². The average molecular weight is 212 g/mol. The monoisotopic (exact) mass is 212 g/mol. The SMILES string of the molecule is COC(=O)C(C)(C)c1c(OC)c(=O)c1=O. The summed E-state index contributed by atoms with van der Waals surface area (Å²) >= 11 is 0. The fourth-order valence-electron chi connectivity index (χ4n) is 1.49. The largest absolute Gasteiger partial charge is 0.492 e. The summed E-state index contributed by atoms with van der Waals surface area (Å²) in [6.07, 6.45) is 0. The smallest absolute Gasteiger partial charge is 0.316 e. The third-order valence-electron chi connectivity index (χ3n) is 2.39. The van der Waals surface area contributed by atoms with Crippen molar-refractivity contribution in [1.29, 1.82) is 0 Å². The molecule has 1 aromatic carbocycles. The molecule has 0 aliphatic rings. The fourth-order valence-corrected chi connectivity index (χ4v) is 1.49. The Morgan fingerprint density at radius 3 is 2.07 bits per heavy atom. The predicted molar refractivity (Wildman–Crippen MR) is 52.9 cm³/mol. The van der Waals surface area contributed by atoms with Crippen molar-refractivity contribution < 1.29 is 14.3 Å². The van der Waals surface area contributed by atoms with Crippen molar-refractivity contribution in [2.75, 3.05) is 14.2 Å². The summed E-state index contributed by atoms with van der Waals surface area (Å²) in [5.41, 5.74) is -2.43. The number of ether oxygens (including phenoxy) is 2. The molecule has 0 spiro atoms. The van der Waals surface area contributed by atoms with E-state index in [4.69, 9.17) is 4.74 Å². The van der Waals surface area contributed by atoms with Crippen molar-refractivity contribution in [3.05, 3.63) is 26.0 Å². The van der Waals surface area contributed by atoms with Crippen molar-refractivity contribution >= 4 is 5.97 Å². The quantitative estimate of drug-likeness (QED) is 0.510. The molecule has 0 saturated carbocycles. The molecule has 0 amide bonds. The van der Waals surface area contributed by atoms with Gasteiger partial charge in [0.2, 0.25) is 5.43 Å². The van der Waals surface area contributed by atoms with Gasteiger partial charge in [-0.05, 0) is 13.8 Å². The summed E-state index contributed by atoms with van der Waals surface area (Å²) in [6.45, 7) is 3.02. The summed E-state index contributed by atoms with van der Waals surface area (Å²) in [5, 5.41) is 0. The van der Waals surface area contributed by atoms with Crippen LogP contribution in [0.4, 0.5) is 0 Å². The first-order valence-electron chi connectivity index (χ1n) is 4.34. The van der Waals surface area contributed by atoms with E-state index in [9.17, 15) is 14.4 Å². The third kappa shape index (κ3) is 1.44. The van der Waals surface area contributed by atoms with Crippen LogP contribution in [0.2, 0.25) is 0 Å². The van der Waals surface area contributed by atoms with Crippen LogP contribution in [0.3, 0.4) is 0 Å². The molecule has 15 heavy (non-hydrogen) atoms. The van der Waals surface area contributed by atoms with Gasteiger partial charge in [-0.1, -0.05) is 0 Å². The van der Waals surface area contributed by atoms with E-state index in [1.165, 1.54) is 28.1 Å². The lowest BCUT2D eigenvalue weighted by atomic mass is 9.81. The number of carbonyl (C=O) groups is 1. The Morgan fingerprint density at radius 1 is 1.13 bits per heavy atom. The molecule has 5 heteroatoms. The molecular formula is C10H12O5. The van der Waals surface area contributed by atoms with Crippen LogP contribution in [0.5, 0.6) is 5.75 Å². The molecule has 0 bridgehead atoms. The van der Waals surface area contributed by atoms with E-state index in [0.29, 0.717) is 0 Å². The number of methoxy groups -OCH3 is 2. The van der Waals surface area contributed by atoms with Crippen molar-refractivity contribution in [2.45, 2.75) is 19.3 Å². The van der Waals surface area contributed by atoms with Crippen molar-refractivity contribution in [2.24, 2.45) is 0 Å². The number of carbonyl (C=O) groups excluding carboxylic acids is 1. The maximum Gasteiger partial charge on any atom is 0.316 e. The lowest BCUT2D eigenvalue weighted by Gasteiger charge is -2.24. The van der Waals surface area contributed by atoms with Crippen molar-refractivity contribution in [3.8, 4) is 5.75 Å². The second kappa shape index (κ2) is 3.49. The Hall–Kier alpha value is -1.65. The van der Waals surface area contributed by atoms with E-state index in [2.05, 4.69) is 4.74 Å². The summed E-state index contributed by atoms with van der Waals surface area (Å²) < 4.78 is 9.32. The van der Waals surface area contributed by atoms with E-state index >= 15 is 0 Å². The van der Waals surface area contributed by atoms with Crippen LogP contribution in [0.25, 0.3) is 0 Å². The van der Waals surface area contributed by atoms with E-state index in [1.54, 1.807) is 0 Å². The molecule has 0 N–H and O–H groups in total. The first kappa shape index (κ1) is 11.4. The number of esters is 1. The molecule has 0 atom stereocenters. The standard InChI is InChI=1S/C10H12O5/c1-10(2,9(13)15-4)5-6(11)7(12)8(5)14-3/h1-4H3. The van der Waals surface area contributed by atoms with E-state index in [-0.39, 0.29) is 11.3 Å². The average Bonchev–Trinajstić information content (AvgIpc) is 2.22. The second-order valence-corrected chi connectivity index (χ2v) is 3.68. The Bertz CT molecular complexity index is 462. The first-order valence-corrected chi connectivity index (χ1v) is 4.34. The molecule has 1 rings (SSSR count). The van der Waals surface area contributed by atoms with Gasteiger partial charge in [0, 0.05) is 0 Å². The topological polar surface area (TPSA) is 69.7 Å². The lowest BCUT2D eigenvalue weighted by molar-refractivity contribution is -0.146. The molecule has 0 saturated heterocycles. The van der Waals surface area contributed by atoms with E-state index < -0.39 is 22.2 Å². The Kier molecular flexibility index (Phi) is 2.66. The molecular weight excluding hydrogens is 200 g/mol. The molecule has 0 heterocycles. The molecule has 0 radical (unpaired) electrons. The van der Waals surface area contributed by atoms with Gasteiger partial charge in [0.15, 0.2) is 5.75 Å². The van der Waals surface area contributed by atoms with Gasteiger partial charge in [-0.2, -0.15) is 0 Å². The van der Waals surface area contributed by atoms with Gasteiger partial charge in [-0.25, -0.2) is 0 Å². The van der Waals surface area contributed by atoms with Crippen LogP contribution in [0.1, 0.15) is 19.4 Å². The van der Waals surface area contributed by atoms with Crippen LogP contribution in [0, 0.1) is 0 Å². The molecule has 0 aliphatic heterocycles. The van der Waals surface area contributed by atoms with Crippen LogP contribution in [-0.4, -0.2) is 20.2 Å². The van der Waals surface area contributed by atoms with Crippen LogP contribution < -0.4 is 15.6 Å². The molecule has 82 valence electrons. The molecule has 0 aliphatic carbocycles. The molecule has 1 aromatic rings. The normalized spacial score (nSPS) is 11.5. The summed E-state index contributed by atoms with van der Waals surface area (Å²) in [7, 11) is 2.51. The molecule has 0 aromatic heterocycles. The summed E-state index contributed by atoms with van der Waals surface area (Å²) in [6, 6.07) is 0. The van der Waals surface area contributed by atoms with Gasteiger partial charge >= 0.3 is 5.97 Å². The Morgan fingerprint density at radius 2 is 1.67 bits per heavy atom. The highest BCUT2D eigenvalue weighted by atomic mass is 16.5. The highest BCUT2D eigenvalue weighted by molar-refractivity contribution is 5.83. The zero-order chi connectivity index (χ0) is 11.8. The van der Waals surface area contributed by atoms with E-state index in [1.807, 2.05) is 0 Å². The number of hydrogen-bond acceptors (Lipinski definition) is 5. The second-order valence-electron chi connectivity index (χ2n) is 3.68. The highest BCUT2D eigenvalue weighted by Gasteiger charge is 2.41. The minimum Gasteiger partial charge on any atom is -0.492 e. The summed E-state index contributed by atoms with van der Waals surface area (Å²) in [5.74, 6) is -0.622. The molecule has 5 nitrogen and oxygen atoms in total. The Balaban J connectivity index is 3.29. The van der Waals surface area contributed by atoms with Crippen molar-refractivity contribution in [1.82, 2.24) is 0 Å². The zero-order valence-electron chi connectivity index (χ0n) is 9.04. The maximum absolute atomic E-state index is 11.4. The van der Waals surface area contributed by atoms with Gasteiger partial charge in [0.1, 0.15) is 0 Å². The van der Waals surface area contributed by atoms with Gasteiger partial charge < -0.3 is 9.47 Å². The van der Waals surface area contributed by atoms with Crippen LogP contribution in [0.15, 0.2) is 9.59 Å². The highest BCUT2D eigenvalue weighted by Crippen LogP contribution is 2.28. The van der Waals surface area contributed by atoms with E-state index in [0.717, 1.165) is 0 Å². The van der Waals surface area contributed by atoms with Crippen LogP contribution in [-0.2, 0) is 14.9 Å². The predicted octanol–water partition coefficient (Wildman–Crippen LogP) is -0.258. The zero-order valence-corrected chi connectivity index (χ0v) is 9.04. The van der Waals surface area contributed by atoms with Gasteiger partial charge in [0.25, 0.3) is 5.43 Å². The lowest BCUT2D eigenvalue weighted by Crippen LogP contribution is -2.46. The summed E-state index contributed by atoms with van der Waals surface area (Å²) in [4.78, 5) is 33.8. The number of hydrogen-bond donors (Lipinski definition) is 0. The minimum absolute atomic E-state index is 0.0459. The first-order chi connectivity index (χ1) is 6.87. The molecule has 0 unspecified atom stereocenters. The third-order valence-corrected chi connectivity index (χ3v) is 2.39.